The Morgan fingerprint density at radius 2 is 1.81 bits per heavy atom. The maximum atomic E-state index is 12.7. The van der Waals surface area contributed by atoms with Crippen LogP contribution in [0.15, 0.2) is 39.0 Å². The third kappa shape index (κ3) is 3.55. The van der Waals surface area contributed by atoms with Crippen molar-refractivity contribution in [3.63, 3.8) is 0 Å². The normalized spacial score (nSPS) is 11.8. The number of anilines is 1. The molecule has 1 N–H and O–H groups in total. The molecular formula is C19H24N6O2. The van der Waals surface area contributed by atoms with Crippen molar-refractivity contribution in [1.82, 2.24) is 18.7 Å². The maximum absolute atomic E-state index is 12.7. The van der Waals surface area contributed by atoms with Gasteiger partial charge in [0, 0.05) is 20.6 Å². The fourth-order valence-corrected chi connectivity index (χ4v) is 2.89. The molecule has 8 heteroatoms. The number of aromatic nitrogens is 4. The van der Waals surface area contributed by atoms with Crippen LogP contribution in [0, 0.1) is 12.8 Å². The first-order valence-corrected chi connectivity index (χ1v) is 8.81. The Balaban J connectivity index is 2.07. The minimum Gasteiger partial charge on any atom is -0.303 e. The van der Waals surface area contributed by atoms with Gasteiger partial charge in [0.2, 0.25) is 5.95 Å². The molecule has 27 heavy (non-hydrogen) atoms. The van der Waals surface area contributed by atoms with E-state index in [0.29, 0.717) is 23.7 Å². The van der Waals surface area contributed by atoms with Crippen LogP contribution in [0.1, 0.15) is 25.0 Å². The molecule has 8 nitrogen and oxygen atoms in total. The average molecular weight is 368 g/mol. The molecule has 1 aromatic carbocycles. The number of hydrogen-bond donors (Lipinski definition) is 1. The molecule has 0 aliphatic heterocycles. The van der Waals surface area contributed by atoms with Crippen molar-refractivity contribution < 1.29 is 0 Å². The van der Waals surface area contributed by atoms with E-state index in [1.807, 2.05) is 31.2 Å². The van der Waals surface area contributed by atoms with Crippen molar-refractivity contribution in [2.75, 3.05) is 5.43 Å². The second-order valence-corrected chi connectivity index (χ2v) is 7.10. The summed E-state index contributed by atoms with van der Waals surface area (Å²) in [4.78, 5) is 29.3. The Bertz CT molecular complexity index is 1120. The van der Waals surface area contributed by atoms with Crippen LogP contribution in [-0.4, -0.2) is 24.9 Å². The minimum absolute atomic E-state index is 0.283. The monoisotopic (exact) mass is 368 g/mol. The maximum Gasteiger partial charge on any atom is 0.332 e. The first-order chi connectivity index (χ1) is 12.8. The molecule has 0 unspecified atom stereocenters. The summed E-state index contributed by atoms with van der Waals surface area (Å²) in [5.74, 6) is 0.714. The van der Waals surface area contributed by atoms with Crippen LogP contribution in [-0.2, 0) is 20.6 Å². The van der Waals surface area contributed by atoms with Crippen molar-refractivity contribution in [3.05, 3.63) is 56.2 Å². The molecule has 0 radical (unpaired) electrons. The first-order valence-electron chi connectivity index (χ1n) is 8.81. The van der Waals surface area contributed by atoms with E-state index in [0.717, 1.165) is 10.1 Å². The lowest BCUT2D eigenvalue weighted by Gasteiger charge is -2.11. The van der Waals surface area contributed by atoms with Gasteiger partial charge in [-0.15, -0.1) is 0 Å². The van der Waals surface area contributed by atoms with Gasteiger partial charge < -0.3 is 4.57 Å². The van der Waals surface area contributed by atoms with Crippen molar-refractivity contribution in [1.29, 1.82) is 0 Å². The number of nitrogens with one attached hydrogen (secondary N) is 1. The van der Waals surface area contributed by atoms with E-state index < -0.39 is 5.69 Å². The molecule has 0 bridgehead atoms. The van der Waals surface area contributed by atoms with Gasteiger partial charge in [-0.1, -0.05) is 43.7 Å². The molecule has 2 aromatic heterocycles. The zero-order valence-corrected chi connectivity index (χ0v) is 16.2. The number of hydrazone groups is 1. The largest absolute Gasteiger partial charge is 0.332 e. The van der Waals surface area contributed by atoms with Gasteiger partial charge in [0.15, 0.2) is 11.2 Å². The van der Waals surface area contributed by atoms with Gasteiger partial charge in [-0.05, 0) is 18.4 Å². The summed E-state index contributed by atoms with van der Waals surface area (Å²) in [6.07, 6.45) is 1.69. The first kappa shape index (κ1) is 18.6. The SMILES string of the molecule is Cc1ccc(/C=N\Nc2nc3c(c(=O)n(C)c(=O)n3C)n2CC(C)C)cc1. The van der Waals surface area contributed by atoms with Crippen molar-refractivity contribution in [2.24, 2.45) is 25.1 Å². The smallest absolute Gasteiger partial charge is 0.303 e. The van der Waals surface area contributed by atoms with Gasteiger partial charge in [-0.3, -0.25) is 13.9 Å². The number of imidazole rings is 1. The average Bonchev–Trinajstić information content (AvgIpc) is 2.98. The molecule has 0 spiro atoms. The highest BCUT2D eigenvalue weighted by atomic mass is 16.2. The van der Waals surface area contributed by atoms with Crippen LogP contribution >= 0.6 is 0 Å². The van der Waals surface area contributed by atoms with Crippen molar-refractivity contribution in [2.45, 2.75) is 27.3 Å². The highest BCUT2D eigenvalue weighted by Crippen LogP contribution is 2.17. The second-order valence-electron chi connectivity index (χ2n) is 7.10. The molecule has 0 saturated carbocycles. The molecular weight excluding hydrogens is 344 g/mol. The van der Waals surface area contributed by atoms with Gasteiger partial charge in [-0.2, -0.15) is 10.1 Å². The Kier molecular flexibility index (Phi) is 4.98. The van der Waals surface area contributed by atoms with Crippen molar-refractivity contribution >= 4 is 23.3 Å². The third-order valence-corrected chi connectivity index (χ3v) is 4.35. The van der Waals surface area contributed by atoms with E-state index in [-0.39, 0.29) is 11.5 Å². The Hall–Kier alpha value is -3.16. The number of nitrogens with zero attached hydrogens (tertiary/aromatic N) is 5. The number of hydrogen-bond acceptors (Lipinski definition) is 5. The quantitative estimate of drug-likeness (QED) is 0.550. The minimum atomic E-state index is -0.406. The molecule has 0 aliphatic carbocycles. The predicted octanol–water partition coefficient (Wildman–Crippen LogP) is 1.84. The number of rotatable bonds is 5. The standard InChI is InChI=1S/C19H24N6O2/c1-12(2)11-25-15-16(23(4)19(27)24(5)17(15)26)21-18(25)22-20-10-14-8-6-13(3)7-9-14/h6-10,12H,11H2,1-5H3,(H,21,22)/b20-10-. The Morgan fingerprint density at radius 1 is 1.15 bits per heavy atom. The molecule has 3 rings (SSSR count). The number of benzene rings is 1. The fourth-order valence-electron chi connectivity index (χ4n) is 2.89. The molecule has 142 valence electrons. The summed E-state index contributed by atoms with van der Waals surface area (Å²) in [6.45, 7) is 6.71. The molecule has 0 saturated heterocycles. The van der Waals surface area contributed by atoms with Crippen LogP contribution in [0.5, 0.6) is 0 Å². The van der Waals surface area contributed by atoms with Gasteiger partial charge in [-0.25, -0.2) is 10.2 Å². The summed E-state index contributed by atoms with van der Waals surface area (Å²) in [5.41, 5.74) is 5.01. The van der Waals surface area contributed by atoms with Crippen LogP contribution in [0.3, 0.4) is 0 Å². The van der Waals surface area contributed by atoms with E-state index in [1.54, 1.807) is 17.8 Å². The Labute approximate surface area is 156 Å². The summed E-state index contributed by atoms with van der Waals surface area (Å²) >= 11 is 0. The predicted molar refractivity (Wildman–Crippen MR) is 107 cm³/mol. The molecule has 0 aliphatic rings. The van der Waals surface area contributed by atoms with Crippen LogP contribution in [0.2, 0.25) is 0 Å². The fraction of sp³-hybridized carbons (Fsp3) is 0.368. The molecule has 0 atom stereocenters. The molecule has 0 amide bonds. The lowest BCUT2D eigenvalue weighted by atomic mass is 10.2. The number of aryl methyl sites for hydroxylation is 2. The second kappa shape index (κ2) is 7.22. The van der Waals surface area contributed by atoms with Crippen LogP contribution in [0.4, 0.5) is 5.95 Å². The van der Waals surface area contributed by atoms with Gasteiger partial charge in [0.25, 0.3) is 5.56 Å². The Morgan fingerprint density at radius 3 is 2.44 bits per heavy atom. The number of fused-ring (bicyclic) bond motifs is 1. The van der Waals surface area contributed by atoms with E-state index in [1.165, 1.54) is 17.2 Å². The molecule has 3 aromatic rings. The van der Waals surface area contributed by atoms with E-state index in [4.69, 9.17) is 0 Å². The van der Waals surface area contributed by atoms with Gasteiger partial charge in [0.1, 0.15) is 0 Å². The highest BCUT2D eigenvalue weighted by molar-refractivity contribution is 5.80. The summed E-state index contributed by atoms with van der Waals surface area (Å²) in [7, 11) is 3.08. The van der Waals surface area contributed by atoms with E-state index in [2.05, 4.69) is 29.4 Å². The summed E-state index contributed by atoms with van der Waals surface area (Å²) in [6, 6.07) is 7.96. The third-order valence-electron chi connectivity index (χ3n) is 4.35. The topological polar surface area (TPSA) is 86.2 Å². The lowest BCUT2D eigenvalue weighted by Crippen LogP contribution is -2.37. The van der Waals surface area contributed by atoms with E-state index in [9.17, 15) is 9.59 Å². The van der Waals surface area contributed by atoms with Crippen LogP contribution < -0.4 is 16.7 Å². The zero-order valence-electron chi connectivity index (χ0n) is 16.2. The zero-order chi connectivity index (χ0) is 19.7. The van der Waals surface area contributed by atoms with Crippen LogP contribution in [0.25, 0.3) is 11.2 Å². The summed E-state index contributed by atoms with van der Waals surface area (Å²) in [5, 5.41) is 4.25. The molecule has 0 fully saturated rings. The molecule has 2 heterocycles. The van der Waals surface area contributed by atoms with Gasteiger partial charge in [0.05, 0.1) is 6.21 Å². The van der Waals surface area contributed by atoms with E-state index >= 15 is 0 Å². The highest BCUT2D eigenvalue weighted by Gasteiger charge is 2.19. The van der Waals surface area contributed by atoms with Crippen molar-refractivity contribution in [3.8, 4) is 0 Å². The lowest BCUT2D eigenvalue weighted by molar-refractivity contribution is 0.534. The van der Waals surface area contributed by atoms with Gasteiger partial charge >= 0.3 is 5.69 Å². The summed E-state index contributed by atoms with van der Waals surface area (Å²) < 4.78 is 4.26.